The van der Waals surface area contributed by atoms with Gasteiger partial charge in [0.05, 0.1) is 0 Å². The Morgan fingerprint density at radius 2 is 0.778 bits per heavy atom. The summed E-state index contributed by atoms with van der Waals surface area (Å²) in [5.41, 5.74) is 0. The number of rotatable bonds is 0. The van der Waals surface area contributed by atoms with Crippen molar-refractivity contribution in [2.24, 2.45) is 0 Å². The first-order chi connectivity index (χ1) is 3.73. The van der Waals surface area contributed by atoms with E-state index in [1.807, 2.05) is 0 Å². The predicted octanol–water partition coefficient (Wildman–Crippen LogP) is 4.82. The fourth-order valence-corrected chi connectivity index (χ4v) is 0. The van der Waals surface area contributed by atoms with Gasteiger partial charge in [-0.1, -0.05) is 0 Å². The van der Waals surface area contributed by atoms with Crippen molar-refractivity contribution in [3.05, 3.63) is 0 Å². The molecule has 0 aromatic carbocycles. The van der Waals surface area contributed by atoms with Crippen LogP contribution < -0.4 is 0 Å². The molecule has 0 aliphatic rings. The summed E-state index contributed by atoms with van der Waals surface area (Å²) < 4.78 is 0. The Labute approximate surface area is 90.1 Å². The van der Waals surface area contributed by atoms with Crippen LogP contribution in [0.2, 0.25) is 0 Å². The second-order valence-electron chi connectivity index (χ2n) is 0.414. The van der Waals surface area contributed by atoms with Crippen LogP contribution in [0, 0.1) is 0 Å². The van der Waals surface area contributed by atoms with Crippen LogP contribution in [-0.4, -0.2) is 0 Å². The van der Waals surface area contributed by atoms with E-state index in [2.05, 4.69) is 0 Å². The van der Waals surface area contributed by atoms with E-state index >= 15 is 0 Å². The van der Waals surface area contributed by atoms with Crippen molar-refractivity contribution in [2.45, 2.75) is 0 Å². The van der Waals surface area contributed by atoms with E-state index < -0.39 is 25.4 Å². The molecule has 0 aliphatic heterocycles. The summed E-state index contributed by atoms with van der Waals surface area (Å²) in [7, 11) is 34.9. The van der Waals surface area contributed by atoms with E-state index in [-0.39, 0.29) is 0 Å². The first-order valence-electron chi connectivity index (χ1n) is 0.856. The Bertz CT molecular complexity index is 45.7. The standard InChI is InChI=1S/7ClH.Ir.Pt/h7*1H;;/q;;;;;;;+3;+4/p-7. The zero-order valence-corrected chi connectivity index (χ0v) is 13.3. The Morgan fingerprint density at radius 3 is 0.778 bits per heavy atom. The van der Waals surface area contributed by atoms with Gasteiger partial charge >= 0.3 is 91.8 Å². The SMILES string of the molecule is [Cl][Ir]([Cl])[Cl].[Cl][Pt]([Cl])([Cl])[Cl]. The molecule has 0 aromatic heterocycles. The fraction of sp³-hybridized carbons (Fsp3) is 0. The van der Waals surface area contributed by atoms with E-state index in [1.165, 1.54) is 0 Å². The Morgan fingerprint density at radius 1 is 0.778 bits per heavy atom. The summed E-state index contributed by atoms with van der Waals surface area (Å²) in [6.07, 6.45) is 0. The molecule has 0 spiro atoms. The molecule has 0 N–H and O–H groups in total. The third-order valence-corrected chi connectivity index (χ3v) is 0. The molecule has 0 nitrogen and oxygen atoms in total. The molecule has 0 fully saturated rings. The summed E-state index contributed by atoms with van der Waals surface area (Å²) >= 11 is -4.97. The summed E-state index contributed by atoms with van der Waals surface area (Å²) in [5.74, 6) is 0. The average Bonchev–Trinajstić information content (AvgIpc) is 1.19. The van der Waals surface area contributed by atoms with Crippen molar-refractivity contribution in [1.82, 2.24) is 0 Å². The minimum atomic E-state index is -3.06. The number of hydrogen-bond acceptors (Lipinski definition) is 0. The van der Waals surface area contributed by atoms with Crippen molar-refractivity contribution in [2.75, 3.05) is 0 Å². The van der Waals surface area contributed by atoms with Gasteiger partial charge in [-0.3, -0.25) is 0 Å². The van der Waals surface area contributed by atoms with Gasteiger partial charge in [-0.2, -0.15) is 0 Å². The second kappa shape index (κ2) is 7.99. The van der Waals surface area contributed by atoms with Gasteiger partial charge in [0.25, 0.3) is 0 Å². The molecule has 0 amide bonds. The first-order valence-corrected chi connectivity index (χ1v) is 21.0. The van der Waals surface area contributed by atoms with Gasteiger partial charge in [-0.15, -0.1) is 0 Å². The van der Waals surface area contributed by atoms with Crippen LogP contribution in [0.25, 0.3) is 0 Å². The summed E-state index contributed by atoms with van der Waals surface area (Å²) in [5, 5.41) is 0. The minimum absolute atomic E-state index is 1.92. The van der Waals surface area contributed by atoms with Crippen LogP contribution >= 0.6 is 66.4 Å². The number of hydrogen-bond donors (Lipinski definition) is 0. The topological polar surface area (TPSA) is 0 Å². The normalized spacial score (nSPS) is 13.4. The van der Waals surface area contributed by atoms with Crippen LogP contribution in [0.1, 0.15) is 0 Å². The van der Waals surface area contributed by atoms with Crippen molar-refractivity contribution < 1.29 is 25.4 Å². The Hall–Kier alpha value is 3.37. The Kier molecular flexibility index (Phi) is 13.2. The molecule has 0 saturated carbocycles. The molecule has 0 aliphatic carbocycles. The maximum absolute atomic E-state index is 5.01. The molecule has 68 valence electrons. The van der Waals surface area contributed by atoms with Crippen LogP contribution in [-0.2, 0) is 25.4 Å². The third kappa shape index (κ3) is 88.0. The maximum atomic E-state index is 5.01. The van der Waals surface area contributed by atoms with Crippen LogP contribution in [0.5, 0.6) is 0 Å². The summed E-state index contributed by atoms with van der Waals surface area (Å²) in [6.45, 7) is 0. The molecule has 0 atom stereocenters. The van der Waals surface area contributed by atoms with Gasteiger partial charge in [0.2, 0.25) is 0 Å². The van der Waals surface area contributed by atoms with E-state index in [1.54, 1.807) is 0 Å². The molecule has 0 unspecified atom stereocenters. The fourth-order valence-electron chi connectivity index (χ4n) is 0. The van der Waals surface area contributed by atoms with Gasteiger partial charge in [0.15, 0.2) is 0 Å². The third-order valence-electron chi connectivity index (χ3n) is 0. The van der Waals surface area contributed by atoms with Gasteiger partial charge < -0.3 is 0 Å². The predicted molar refractivity (Wildman–Crippen MR) is 41.0 cm³/mol. The van der Waals surface area contributed by atoms with Crippen molar-refractivity contribution in [3.8, 4) is 0 Å². The van der Waals surface area contributed by atoms with E-state index in [0.717, 1.165) is 0 Å². The van der Waals surface area contributed by atoms with Crippen LogP contribution in [0.3, 0.4) is 0 Å². The zero-order valence-electron chi connectivity index (χ0n) is 3.30. The van der Waals surface area contributed by atoms with E-state index in [0.29, 0.717) is 0 Å². The monoisotopic (exact) mass is 633 g/mol. The molecule has 0 bridgehead atoms. The zero-order chi connectivity index (χ0) is 8.08. The summed E-state index contributed by atoms with van der Waals surface area (Å²) in [6, 6.07) is 0. The molecule has 0 aromatic rings. The number of halogens is 7. The average molecular weight is 635 g/mol. The van der Waals surface area contributed by atoms with Gasteiger partial charge in [-0.05, 0) is 0 Å². The van der Waals surface area contributed by atoms with Gasteiger partial charge in [-0.25, -0.2) is 0 Å². The Balaban J connectivity index is 0. The molecule has 0 rings (SSSR count). The first kappa shape index (κ1) is 14.9. The molecular formula is Cl7IrPt. The van der Waals surface area contributed by atoms with Crippen LogP contribution in [0.4, 0.5) is 0 Å². The van der Waals surface area contributed by atoms with E-state index in [4.69, 9.17) is 66.4 Å². The second-order valence-corrected chi connectivity index (χ2v) is 30.5. The molecule has 0 saturated heterocycles. The molecule has 0 heterocycles. The summed E-state index contributed by atoms with van der Waals surface area (Å²) in [4.78, 5) is 0. The molecule has 9 heteroatoms. The van der Waals surface area contributed by atoms with Crippen molar-refractivity contribution >= 4 is 66.4 Å². The molecular weight excluding hydrogens is 635 g/mol. The quantitative estimate of drug-likeness (QED) is 0.359. The van der Waals surface area contributed by atoms with Gasteiger partial charge in [0.1, 0.15) is 0 Å². The van der Waals surface area contributed by atoms with Crippen molar-refractivity contribution in [3.63, 3.8) is 0 Å². The van der Waals surface area contributed by atoms with Gasteiger partial charge in [0, 0.05) is 0 Å². The van der Waals surface area contributed by atoms with Crippen LogP contribution in [0.15, 0.2) is 0 Å². The van der Waals surface area contributed by atoms with E-state index in [9.17, 15) is 0 Å². The van der Waals surface area contributed by atoms with Crippen molar-refractivity contribution in [1.29, 1.82) is 0 Å². The molecule has 9 heavy (non-hydrogen) atoms. The molecule has 0 radical (unpaired) electrons.